The molecule has 0 bridgehead atoms. The molecule has 0 spiro atoms. The summed E-state index contributed by atoms with van der Waals surface area (Å²) in [5.74, 6) is 1.06. The van der Waals surface area contributed by atoms with Gasteiger partial charge in [-0.3, -0.25) is 0 Å². The minimum atomic E-state index is -2.87. The molecule has 0 atom stereocenters. The van der Waals surface area contributed by atoms with E-state index in [1.165, 1.54) is 0 Å². The fraction of sp³-hybridized carbons (Fsp3) is 0.538. The molecule has 0 unspecified atom stereocenters. The van der Waals surface area contributed by atoms with Crippen LogP contribution in [0.5, 0.6) is 5.75 Å². The lowest BCUT2D eigenvalue weighted by Gasteiger charge is -2.29. The van der Waals surface area contributed by atoms with Crippen LogP contribution in [0.25, 0.3) is 0 Å². The van der Waals surface area contributed by atoms with Crippen molar-refractivity contribution in [1.82, 2.24) is 0 Å². The summed E-state index contributed by atoms with van der Waals surface area (Å²) in [4.78, 5) is 2.02. The monoisotopic (exact) mass is 285 g/mol. The van der Waals surface area contributed by atoms with Gasteiger partial charge < -0.3 is 14.7 Å². The van der Waals surface area contributed by atoms with E-state index in [0.717, 1.165) is 11.3 Å². The van der Waals surface area contributed by atoms with Crippen molar-refractivity contribution in [2.45, 2.75) is 13.5 Å². The van der Waals surface area contributed by atoms with E-state index < -0.39 is 9.84 Å². The third kappa shape index (κ3) is 3.39. The van der Waals surface area contributed by atoms with Crippen LogP contribution < -0.4 is 9.64 Å². The van der Waals surface area contributed by atoms with E-state index in [9.17, 15) is 13.5 Å². The molecule has 1 heterocycles. The van der Waals surface area contributed by atoms with Crippen molar-refractivity contribution >= 4 is 15.5 Å². The van der Waals surface area contributed by atoms with Crippen molar-refractivity contribution in [2.24, 2.45) is 0 Å². The Morgan fingerprint density at radius 3 is 2.58 bits per heavy atom. The fourth-order valence-corrected chi connectivity index (χ4v) is 3.35. The smallest absolute Gasteiger partial charge is 0.153 e. The molecule has 106 valence electrons. The average Bonchev–Trinajstić information content (AvgIpc) is 2.40. The standard InChI is InChI=1S/C13H19NO4S/c1-2-18-13-4-3-12(9-11(13)10-15)14-5-7-19(16,17)8-6-14/h3-4,9,15H,2,5-8,10H2,1H3. The number of hydrogen-bond acceptors (Lipinski definition) is 5. The number of nitrogens with zero attached hydrogens (tertiary/aromatic N) is 1. The summed E-state index contributed by atoms with van der Waals surface area (Å²) < 4.78 is 28.2. The van der Waals surface area contributed by atoms with Gasteiger partial charge in [-0.15, -0.1) is 0 Å². The highest BCUT2D eigenvalue weighted by molar-refractivity contribution is 7.91. The van der Waals surface area contributed by atoms with Gasteiger partial charge in [-0.05, 0) is 25.1 Å². The maximum absolute atomic E-state index is 11.4. The SMILES string of the molecule is CCOc1ccc(N2CCS(=O)(=O)CC2)cc1CO. The van der Waals surface area contributed by atoms with Crippen LogP contribution in [0.1, 0.15) is 12.5 Å². The minimum Gasteiger partial charge on any atom is -0.494 e. The van der Waals surface area contributed by atoms with Crippen molar-refractivity contribution in [3.63, 3.8) is 0 Å². The molecule has 0 amide bonds. The molecule has 5 nitrogen and oxygen atoms in total. The lowest BCUT2D eigenvalue weighted by atomic mass is 10.1. The molecule has 0 aromatic heterocycles. The molecule has 1 aliphatic rings. The number of anilines is 1. The predicted octanol–water partition coefficient (Wildman–Crippen LogP) is 0.812. The molecular weight excluding hydrogens is 266 g/mol. The van der Waals surface area contributed by atoms with Crippen molar-refractivity contribution in [3.8, 4) is 5.75 Å². The summed E-state index contributed by atoms with van der Waals surface area (Å²) in [5.41, 5.74) is 1.66. The topological polar surface area (TPSA) is 66.8 Å². The largest absolute Gasteiger partial charge is 0.494 e. The van der Waals surface area contributed by atoms with Gasteiger partial charge in [0.25, 0.3) is 0 Å². The van der Waals surface area contributed by atoms with Crippen molar-refractivity contribution in [3.05, 3.63) is 23.8 Å². The van der Waals surface area contributed by atoms with E-state index >= 15 is 0 Å². The van der Waals surface area contributed by atoms with E-state index in [1.807, 2.05) is 30.0 Å². The molecule has 1 aliphatic heterocycles. The zero-order valence-electron chi connectivity index (χ0n) is 11.0. The zero-order valence-corrected chi connectivity index (χ0v) is 11.8. The van der Waals surface area contributed by atoms with Gasteiger partial charge in [0.1, 0.15) is 5.75 Å². The first kappa shape index (κ1) is 14.1. The van der Waals surface area contributed by atoms with E-state index in [2.05, 4.69) is 0 Å². The van der Waals surface area contributed by atoms with E-state index in [1.54, 1.807) is 0 Å². The van der Waals surface area contributed by atoms with Crippen molar-refractivity contribution in [2.75, 3.05) is 36.1 Å². The van der Waals surface area contributed by atoms with Gasteiger partial charge in [-0.25, -0.2) is 8.42 Å². The number of aliphatic hydroxyl groups is 1. The van der Waals surface area contributed by atoms with Gasteiger partial charge in [-0.2, -0.15) is 0 Å². The molecule has 1 N–H and O–H groups in total. The van der Waals surface area contributed by atoms with Crippen LogP contribution in [0.3, 0.4) is 0 Å². The van der Waals surface area contributed by atoms with Crippen LogP contribution in [0, 0.1) is 0 Å². The molecule has 19 heavy (non-hydrogen) atoms. The third-order valence-corrected chi connectivity index (χ3v) is 4.83. The molecule has 1 aromatic carbocycles. The van der Waals surface area contributed by atoms with Crippen LogP contribution in [0.2, 0.25) is 0 Å². The Bertz CT molecular complexity index is 528. The highest BCUT2D eigenvalue weighted by Crippen LogP contribution is 2.26. The molecule has 0 aliphatic carbocycles. The summed E-state index contributed by atoms with van der Waals surface area (Å²) in [6.45, 7) is 3.36. The van der Waals surface area contributed by atoms with Crippen molar-refractivity contribution in [1.29, 1.82) is 0 Å². The molecule has 0 radical (unpaired) electrons. The molecule has 1 fully saturated rings. The highest BCUT2D eigenvalue weighted by atomic mass is 32.2. The number of ether oxygens (including phenoxy) is 1. The number of sulfone groups is 1. The van der Waals surface area contributed by atoms with Crippen LogP contribution in [0.4, 0.5) is 5.69 Å². The minimum absolute atomic E-state index is 0.0880. The number of benzene rings is 1. The zero-order chi connectivity index (χ0) is 13.9. The first-order valence-corrected chi connectivity index (χ1v) is 8.20. The Morgan fingerprint density at radius 1 is 1.32 bits per heavy atom. The molecular formula is C13H19NO4S. The molecule has 2 rings (SSSR count). The Labute approximate surface area is 113 Å². The molecule has 1 aromatic rings. The normalized spacial score (nSPS) is 18.3. The van der Waals surface area contributed by atoms with Crippen LogP contribution >= 0.6 is 0 Å². The first-order chi connectivity index (χ1) is 9.05. The Morgan fingerprint density at radius 2 is 2.00 bits per heavy atom. The number of rotatable bonds is 4. The van der Waals surface area contributed by atoms with E-state index in [4.69, 9.17) is 4.74 Å². The Balaban J connectivity index is 2.17. The summed E-state index contributed by atoms with van der Waals surface area (Å²) >= 11 is 0. The van der Waals surface area contributed by atoms with Gasteiger partial charge in [0.05, 0.1) is 24.7 Å². The van der Waals surface area contributed by atoms with E-state index in [-0.39, 0.29) is 18.1 Å². The Kier molecular flexibility index (Phi) is 4.31. The van der Waals surface area contributed by atoms with Crippen molar-refractivity contribution < 1.29 is 18.3 Å². The average molecular weight is 285 g/mol. The molecule has 0 saturated carbocycles. The fourth-order valence-electron chi connectivity index (χ4n) is 2.15. The van der Waals surface area contributed by atoms with Gasteiger partial charge >= 0.3 is 0 Å². The van der Waals surface area contributed by atoms with Gasteiger partial charge in [0, 0.05) is 24.3 Å². The third-order valence-electron chi connectivity index (χ3n) is 3.22. The lowest BCUT2D eigenvalue weighted by Crippen LogP contribution is -2.40. The first-order valence-electron chi connectivity index (χ1n) is 6.37. The van der Waals surface area contributed by atoms with Gasteiger partial charge in [-0.1, -0.05) is 0 Å². The van der Waals surface area contributed by atoms with E-state index in [0.29, 0.717) is 25.4 Å². The number of hydrogen-bond donors (Lipinski definition) is 1. The quantitative estimate of drug-likeness (QED) is 0.887. The second kappa shape index (κ2) is 5.79. The second-order valence-electron chi connectivity index (χ2n) is 4.52. The van der Waals surface area contributed by atoms with Gasteiger partial charge in [0.15, 0.2) is 9.84 Å². The van der Waals surface area contributed by atoms with Crippen LogP contribution in [-0.2, 0) is 16.4 Å². The lowest BCUT2D eigenvalue weighted by molar-refractivity contribution is 0.267. The maximum Gasteiger partial charge on any atom is 0.153 e. The van der Waals surface area contributed by atoms with Crippen LogP contribution in [0.15, 0.2) is 18.2 Å². The summed E-state index contributed by atoms with van der Waals surface area (Å²) in [5, 5.41) is 9.36. The maximum atomic E-state index is 11.4. The number of aliphatic hydroxyl groups excluding tert-OH is 1. The molecule has 1 saturated heterocycles. The summed E-state index contributed by atoms with van der Waals surface area (Å²) in [6, 6.07) is 5.60. The predicted molar refractivity (Wildman–Crippen MR) is 74.4 cm³/mol. The summed E-state index contributed by atoms with van der Waals surface area (Å²) in [7, 11) is -2.87. The Hall–Kier alpha value is -1.27. The summed E-state index contributed by atoms with van der Waals surface area (Å²) in [6.07, 6.45) is 0. The molecule has 6 heteroatoms. The van der Waals surface area contributed by atoms with Gasteiger partial charge in [0.2, 0.25) is 0 Å². The van der Waals surface area contributed by atoms with Crippen LogP contribution in [-0.4, -0.2) is 44.7 Å². The highest BCUT2D eigenvalue weighted by Gasteiger charge is 2.22. The second-order valence-corrected chi connectivity index (χ2v) is 6.83.